The Morgan fingerprint density at radius 1 is 1.12 bits per heavy atom. The van der Waals surface area contributed by atoms with E-state index in [1.165, 1.54) is 15.6 Å². The summed E-state index contributed by atoms with van der Waals surface area (Å²) in [5.41, 5.74) is 1.26. The highest BCUT2D eigenvalue weighted by atomic mass is 32.1. The Hall–Kier alpha value is -1.89. The zero-order valence-corrected chi connectivity index (χ0v) is 15.4. The predicted octanol–water partition coefficient (Wildman–Crippen LogP) is 4.06. The first kappa shape index (κ1) is 17.0. The molecule has 0 spiro atoms. The average Bonchev–Trinajstić information content (AvgIpc) is 3.23. The lowest BCUT2D eigenvalue weighted by atomic mass is 10.0. The summed E-state index contributed by atoms with van der Waals surface area (Å²) in [6.45, 7) is 1.14. The number of likely N-dealkylation sites (N-methyl/N-ethyl adjacent to an activating group) is 1. The van der Waals surface area contributed by atoms with Gasteiger partial charge >= 0.3 is 6.03 Å². The van der Waals surface area contributed by atoms with Gasteiger partial charge in [0, 0.05) is 16.1 Å². The van der Waals surface area contributed by atoms with E-state index in [1.807, 2.05) is 31.6 Å². The van der Waals surface area contributed by atoms with E-state index in [9.17, 15) is 4.79 Å². The summed E-state index contributed by atoms with van der Waals surface area (Å²) in [5, 5.41) is 11.4. The number of hydrogen-bond donors (Lipinski definition) is 2. The standard InChI is InChI=1S/C18H21N3OS2/c1-21(2)16(15-12-24-17-8-4-3-7-14(15)17)11-20-18(22)19-10-13-6-5-9-23-13/h3-9,12,16H,10-11H2,1-2H3,(H2,19,20,22)/t16-/m0/s1. The molecule has 2 aromatic heterocycles. The minimum absolute atomic E-state index is 0.130. The molecule has 6 heteroatoms. The number of fused-ring (bicyclic) bond motifs is 1. The van der Waals surface area contributed by atoms with Gasteiger partial charge < -0.3 is 15.5 Å². The number of carbonyl (C=O) groups is 1. The number of carbonyl (C=O) groups excluding carboxylic acids is 1. The van der Waals surface area contributed by atoms with Gasteiger partial charge in [-0.3, -0.25) is 0 Å². The lowest BCUT2D eigenvalue weighted by Crippen LogP contribution is -2.40. The topological polar surface area (TPSA) is 44.4 Å². The molecular weight excluding hydrogens is 338 g/mol. The zero-order chi connectivity index (χ0) is 16.9. The van der Waals surface area contributed by atoms with Crippen LogP contribution >= 0.6 is 22.7 Å². The molecule has 0 radical (unpaired) electrons. The van der Waals surface area contributed by atoms with Crippen LogP contribution in [0.3, 0.4) is 0 Å². The molecule has 0 saturated heterocycles. The average molecular weight is 360 g/mol. The molecule has 4 nitrogen and oxygen atoms in total. The van der Waals surface area contributed by atoms with E-state index in [-0.39, 0.29) is 12.1 Å². The van der Waals surface area contributed by atoms with Gasteiger partial charge in [0.2, 0.25) is 0 Å². The van der Waals surface area contributed by atoms with Crippen molar-refractivity contribution in [2.45, 2.75) is 12.6 Å². The van der Waals surface area contributed by atoms with Gasteiger partial charge in [0.05, 0.1) is 12.6 Å². The molecule has 24 heavy (non-hydrogen) atoms. The van der Waals surface area contributed by atoms with Crippen molar-refractivity contribution in [3.63, 3.8) is 0 Å². The molecule has 3 aromatic rings. The number of nitrogens with one attached hydrogen (secondary N) is 2. The van der Waals surface area contributed by atoms with Gasteiger partial charge in [0.25, 0.3) is 0 Å². The fraction of sp³-hybridized carbons (Fsp3) is 0.278. The fourth-order valence-corrected chi connectivity index (χ4v) is 4.31. The van der Waals surface area contributed by atoms with Crippen LogP contribution in [0.2, 0.25) is 0 Å². The summed E-state index contributed by atoms with van der Waals surface area (Å²) >= 11 is 3.39. The SMILES string of the molecule is CN(C)[C@@H](CNC(=O)NCc1cccs1)c1csc2ccccc12. The van der Waals surface area contributed by atoms with Crippen LogP contribution in [0.15, 0.2) is 47.2 Å². The van der Waals surface area contributed by atoms with Crippen molar-refractivity contribution >= 4 is 38.8 Å². The van der Waals surface area contributed by atoms with Gasteiger partial charge in [0.15, 0.2) is 0 Å². The number of benzene rings is 1. The van der Waals surface area contributed by atoms with E-state index >= 15 is 0 Å². The van der Waals surface area contributed by atoms with E-state index in [0.29, 0.717) is 13.1 Å². The van der Waals surface area contributed by atoms with E-state index < -0.39 is 0 Å². The number of rotatable bonds is 6. The second kappa shape index (κ2) is 7.79. The number of nitrogens with zero attached hydrogens (tertiary/aromatic N) is 1. The first-order chi connectivity index (χ1) is 11.6. The van der Waals surface area contributed by atoms with Gasteiger partial charge in [-0.15, -0.1) is 22.7 Å². The molecule has 0 aliphatic rings. The van der Waals surface area contributed by atoms with Gasteiger partial charge in [-0.1, -0.05) is 24.3 Å². The van der Waals surface area contributed by atoms with Crippen molar-refractivity contribution in [3.05, 3.63) is 57.6 Å². The predicted molar refractivity (Wildman–Crippen MR) is 103 cm³/mol. The first-order valence-corrected chi connectivity index (χ1v) is 9.57. The molecule has 1 aromatic carbocycles. The van der Waals surface area contributed by atoms with Crippen molar-refractivity contribution in [1.82, 2.24) is 15.5 Å². The second-order valence-electron chi connectivity index (χ2n) is 5.81. The highest BCUT2D eigenvalue weighted by Gasteiger charge is 2.18. The Labute approximate surface area is 150 Å². The lowest BCUT2D eigenvalue weighted by molar-refractivity contribution is 0.233. The smallest absolute Gasteiger partial charge is 0.315 e. The van der Waals surface area contributed by atoms with Crippen LogP contribution in [0.1, 0.15) is 16.5 Å². The molecule has 0 aliphatic heterocycles. The highest BCUT2D eigenvalue weighted by Crippen LogP contribution is 2.31. The summed E-state index contributed by atoms with van der Waals surface area (Å²) in [5.74, 6) is 0. The second-order valence-corrected chi connectivity index (χ2v) is 7.75. The van der Waals surface area contributed by atoms with E-state index in [2.05, 4.69) is 45.2 Å². The van der Waals surface area contributed by atoms with Crippen molar-refractivity contribution < 1.29 is 4.79 Å². The number of urea groups is 1. The number of thiophene rings is 2. The zero-order valence-electron chi connectivity index (χ0n) is 13.8. The number of hydrogen-bond acceptors (Lipinski definition) is 4. The van der Waals surface area contributed by atoms with Gasteiger partial charge in [0.1, 0.15) is 0 Å². The maximum atomic E-state index is 12.1. The van der Waals surface area contributed by atoms with Crippen LogP contribution in [-0.2, 0) is 6.54 Å². The van der Waals surface area contributed by atoms with Crippen LogP contribution < -0.4 is 10.6 Å². The fourth-order valence-electron chi connectivity index (χ4n) is 2.66. The number of amides is 2. The third-order valence-corrected chi connectivity index (χ3v) is 5.81. The van der Waals surface area contributed by atoms with Crippen LogP contribution in [-0.4, -0.2) is 31.6 Å². The highest BCUT2D eigenvalue weighted by molar-refractivity contribution is 7.17. The largest absolute Gasteiger partial charge is 0.336 e. The molecule has 2 amide bonds. The van der Waals surface area contributed by atoms with Crippen molar-refractivity contribution in [3.8, 4) is 0 Å². The monoisotopic (exact) mass is 359 g/mol. The molecule has 0 fully saturated rings. The summed E-state index contributed by atoms with van der Waals surface area (Å²) in [6, 6.07) is 12.4. The molecular formula is C18H21N3OS2. The van der Waals surface area contributed by atoms with Gasteiger partial charge in [-0.2, -0.15) is 0 Å². The van der Waals surface area contributed by atoms with Gasteiger partial charge in [-0.05, 0) is 47.9 Å². The first-order valence-electron chi connectivity index (χ1n) is 7.82. The molecule has 2 N–H and O–H groups in total. The molecule has 1 atom stereocenters. The Balaban J connectivity index is 1.63. The van der Waals surface area contributed by atoms with Crippen LogP contribution in [0.4, 0.5) is 4.79 Å². The summed E-state index contributed by atoms with van der Waals surface area (Å²) in [7, 11) is 4.09. The maximum absolute atomic E-state index is 12.1. The Morgan fingerprint density at radius 3 is 2.71 bits per heavy atom. The Bertz CT molecular complexity index is 796. The third-order valence-electron chi connectivity index (χ3n) is 3.95. The molecule has 0 aliphatic carbocycles. The normalized spacial score (nSPS) is 12.5. The van der Waals surface area contributed by atoms with Crippen LogP contribution in [0, 0.1) is 0 Å². The van der Waals surface area contributed by atoms with Crippen molar-refractivity contribution in [2.75, 3.05) is 20.6 Å². The van der Waals surface area contributed by atoms with Crippen LogP contribution in [0.25, 0.3) is 10.1 Å². The van der Waals surface area contributed by atoms with E-state index in [1.54, 1.807) is 22.7 Å². The van der Waals surface area contributed by atoms with Gasteiger partial charge in [-0.25, -0.2) is 4.79 Å². The summed E-state index contributed by atoms with van der Waals surface area (Å²) < 4.78 is 1.28. The molecule has 0 saturated carbocycles. The Morgan fingerprint density at radius 2 is 1.96 bits per heavy atom. The quantitative estimate of drug-likeness (QED) is 0.697. The van der Waals surface area contributed by atoms with E-state index in [0.717, 1.165) is 4.88 Å². The summed E-state index contributed by atoms with van der Waals surface area (Å²) in [6.07, 6.45) is 0. The van der Waals surface area contributed by atoms with E-state index in [4.69, 9.17) is 0 Å². The molecule has 3 rings (SSSR count). The minimum Gasteiger partial charge on any atom is -0.336 e. The third kappa shape index (κ3) is 3.95. The molecule has 0 bridgehead atoms. The Kier molecular flexibility index (Phi) is 5.50. The maximum Gasteiger partial charge on any atom is 0.315 e. The van der Waals surface area contributed by atoms with Crippen molar-refractivity contribution in [2.24, 2.45) is 0 Å². The lowest BCUT2D eigenvalue weighted by Gasteiger charge is -2.24. The van der Waals surface area contributed by atoms with Crippen molar-refractivity contribution in [1.29, 1.82) is 0 Å². The summed E-state index contributed by atoms with van der Waals surface area (Å²) in [4.78, 5) is 15.4. The van der Waals surface area contributed by atoms with Crippen LogP contribution in [0.5, 0.6) is 0 Å². The molecule has 2 heterocycles. The minimum atomic E-state index is -0.130. The molecule has 0 unspecified atom stereocenters. The molecule has 126 valence electrons.